The van der Waals surface area contributed by atoms with Crippen LogP contribution in [0.2, 0.25) is 0 Å². The third-order valence-electron chi connectivity index (χ3n) is 0. The molecule has 0 fully saturated rings. The largest absolute Gasteiger partial charge is 0.412 e. The summed E-state index contributed by atoms with van der Waals surface area (Å²) in [4.78, 5) is 0. The van der Waals surface area contributed by atoms with Crippen molar-refractivity contribution < 1.29 is 11.0 Å². The van der Waals surface area contributed by atoms with E-state index >= 15 is 0 Å². The maximum atomic E-state index is 0. The highest BCUT2D eigenvalue weighted by atomic mass is 32.1. The normalized spacial score (nSPS) is 0. The molecular weight excluding hydrogens is 92.1 g/mol. The lowest BCUT2D eigenvalue weighted by Crippen LogP contribution is -0.482. The van der Waals surface area contributed by atoms with Gasteiger partial charge in [-0.25, -0.2) is 0 Å². The van der Waals surface area contributed by atoms with Crippen molar-refractivity contribution in [1.29, 1.82) is 0 Å². The van der Waals surface area contributed by atoms with Crippen molar-refractivity contribution in [1.82, 2.24) is 12.3 Å². The molecule has 0 aliphatic rings. The van der Waals surface area contributed by atoms with Gasteiger partial charge in [-0.05, 0) is 0 Å². The fourth-order valence-electron chi connectivity index (χ4n) is 0. The van der Waals surface area contributed by atoms with Crippen molar-refractivity contribution in [2.45, 2.75) is 0 Å². The molecule has 0 aromatic heterocycles. The maximum absolute atomic E-state index is 0. The third kappa shape index (κ3) is 557. The molecule has 0 heterocycles. The molecule has 0 amide bonds. The van der Waals surface area contributed by atoms with Crippen molar-refractivity contribution >= 4 is 13.5 Å². The van der Waals surface area contributed by atoms with Crippen LogP contribution in [-0.2, 0) is 0 Å². The van der Waals surface area contributed by atoms with Gasteiger partial charge >= 0.3 is 0 Å². The standard InChI is InChI=1S/2H3N.2H2O.H2S/h2*1H3;3*1H2. The van der Waals surface area contributed by atoms with Gasteiger partial charge in [0, 0.05) is 0 Å². The predicted molar refractivity (Wildman–Crippen MR) is 27.7 cm³/mol. The lowest BCUT2D eigenvalue weighted by Gasteiger charge is -0.413. The minimum atomic E-state index is 0. The van der Waals surface area contributed by atoms with Crippen LogP contribution in [0.1, 0.15) is 0 Å². The molecule has 5 heteroatoms. The van der Waals surface area contributed by atoms with E-state index in [9.17, 15) is 0 Å². The quantitative estimate of drug-likeness (QED) is 0.399. The van der Waals surface area contributed by atoms with Crippen LogP contribution >= 0.6 is 13.5 Å². The first-order valence-electron chi connectivity index (χ1n) is 0. The molecule has 4 nitrogen and oxygen atoms in total. The molecule has 0 saturated carbocycles. The summed E-state index contributed by atoms with van der Waals surface area (Å²) >= 11 is 0. The second kappa shape index (κ2) is 1180. The zero-order valence-electron chi connectivity index (χ0n) is 2.91. The third-order valence-corrected chi connectivity index (χ3v) is 0. The van der Waals surface area contributed by atoms with E-state index in [0.29, 0.717) is 0 Å². The molecule has 0 aliphatic carbocycles. The number of hydrogen-bond donors (Lipinski definition) is 2. The second-order valence-corrected chi connectivity index (χ2v) is 0. The van der Waals surface area contributed by atoms with E-state index in [-0.39, 0.29) is 36.7 Å². The second-order valence-electron chi connectivity index (χ2n) is 0. The van der Waals surface area contributed by atoms with Gasteiger partial charge in [0.05, 0.1) is 0 Å². The van der Waals surface area contributed by atoms with Gasteiger partial charge in [-0.3, -0.25) is 0 Å². The van der Waals surface area contributed by atoms with Crippen LogP contribution in [-0.4, -0.2) is 11.0 Å². The number of rotatable bonds is 0. The van der Waals surface area contributed by atoms with Crippen LogP contribution in [0.15, 0.2) is 0 Å². The summed E-state index contributed by atoms with van der Waals surface area (Å²) in [5.74, 6) is 0. The summed E-state index contributed by atoms with van der Waals surface area (Å²) in [5, 5.41) is 0. The first-order valence-corrected chi connectivity index (χ1v) is 0. The molecule has 0 saturated heterocycles. The van der Waals surface area contributed by atoms with Crippen LogP contribution in [0.3, 0.4) is 0 Å². The van der Waals surface area contributed by atoms with E-state index in [1.54, 1.807) is 0 Å². The lowest BCUT2D eigenvalue weighted by molar-refractivity contribution is 0.823. The Morgan fingerprint density at radius 1 is 0.600 bits per heavy atom. The van der Waals surface area contributed by atoms with E-state index in [2.05, 4.69) is 0 Å². The van der Waals surface area contributed by atoms with Crippen LogP contribution in [0.5, 0.6) is 0 Å². The Balaban J connectivity index is 0. The van der Waals surface area contributed by atoms with Crippen molar-refractivity contribution in [3.05, 3.63) is 0 Å². The molecule has 0 spiro atoms. The molecule has 0 radical (unpaired) electrons. The average molecular weight is 104 g/mol. The minimum absolute atomic E-state index is 0. The summed E-state index contributed by atoms with van der Waals surface area (Å²) < 4.78 is 0. The molecule has 0 aliphatic heterocycles. The van der Waals surface area contributed by atoms with Gasteiger partial charge in [0.25, 0.3) is 0 Å². The van der Waals surface area contributed by atoms with Crippen LogP contribution in [0.25, 0.3) is 0 Å². The summed E-state index contributed by atoms with van der Waals surface area (Å²) in [6.07, 6.45) is 0. The van der Waals surface area contributed by atoms with E-state index in [4.69, 9.17) is 0 Å². The minimum Gasteiger partial charge on any atom is -0.412 e. The van der Waals surface area contributed by atoms with Gasteiger partial charge in [-0.2, -0.15) is 13.5 Å². The topological polar surface area (TPSA) is 133 Å². The lowest BCUT2D eigenvalue weighted by atomic mass is 14.0. The van der Waals surface area contributed by atoms with Crippen LogP contribution in [0, 0.1) is 0 Å². The highest BCUT2D eigenvalue weighted by Gasteiger charge is -0.197. The molecule has 0 bridgehead atoms. The first kappa shape index (κ1) is 2520. The Hall–Kier alpha value is 0.190. The van der Waals surface area contributed by atoms with Crippen molar-refractivity contribution in [3.63, 3.8) is 0 Å². The van der Waals surface area contributed by atoms with Gasteiger partial charge in [0.1, 0.15) is 0 Å². The Labute approximate surface area is 37.8 Å². The van der Waals surface area contributed by atoms with Gasteiger partial charge in [-0.15, -0.1) is 0 Å². The monoisotopic (exact) mass is 104 g/mol. The summed E-state index contributed by atoms with van der Waals surface area (Å²) in [6.45, 7) is 0. The molecule has 40 valence electrons. The highest BCUT2D eigenvalue weighted by Crippen LogP contribution is 0.648. The first-order chi connectivity index (χ1) is 0. The SMILES string of the molecule is N.N.O.O.S. The summed E-state index contributed by atoms with van der Waals surface area (Å²) in [7, 11) is 0. The van der Waals surface area contributed by atoms with Crippen LogP contribution < -0.4 is 12.3 Å². The Bertz CT molecular complexity index is 7.61. The molecule has 0 rings (SSSR count). The number of hydrogen-bond acceptors (Lipinski definition) is 2. The van der Waals surface area contributed by atoms with E-state index in [1.165, 1.54) is 0 Å². The van der Waals surface area contributed by atoms with Gasteiger partial charge in [-0.1, -0.05) is 0 Å². The molecular formula is H12N2O2S. The molecule has 0 atom stereocenters. The molecule has 10 N–H and O–H groups in total. The zero-order chi connectivity index (χ0) is 0. The highest BCUT2D eigenvalue weighted by molar-refractivity contribution is 7.59. The average Bonchev–Trinajstić information content (AvgIpc) is 0. The smallest absolute Gasteiger partial charge is 0.197 e. The van der Waals surface area contributed by atoms with Crippen molar-refractivity contribution in [2.24, 2.45) is 0 Å². The molecule has 0 aromatic rings. The fraction of sp³-hybridized carbons (Fsp3) is 0. The van der Waals surface area contributed by atoms with Gasteiger partial charge in [0.2, 0.25) is 0 Å². The summed E-state index contributed by atoms with van der Waals surface area (Å²) in [6, 6.07) is 0. The molecule has 5 heavy (non-hydrogen) atoms. The fourth-order valence-corrected chi connectivity index (χ4v) is 0. The Morgan fingerprint density at radius 2 is 0.600 bits per heavy atom. The van der Waals surface area contributed by atoms with Gasteiger partial charge in [0.15, 0.2) is 0 Å². The Kier molecular flexibility index (Phi) is 596000. The van der Waals surface area contributed by atoms with Crippen molar-refractivity contribution in [2.75, 3.05) is 0 Å². The van der Waals surface area contributed by atoms with Crippen molar-refractivity contribution in [3.8, 4) is 0 Å². The maximum Gasteiger partial charge on any atom is -0.197 e. The Morgan fingerprint density at radius 3 is 0.600 bits per heavy atom. The van der Waals surface area contributed by atoms with E-state index in [1.807, 2.05) is 0 Å². The molecule has 0 unspecified atom stereocenters. The predicted octanol–water partition coefficient (Wildman–Crippen LogP) is -1.21. The van der Waals surface area contributed by atoms with Crippen LogP contribution in [0.4, 0.5) is 0 Å². The zero-order valence-corrected chi connectivity index (χ0v) is 3.91. The van der Waals surface area contributed by atoms with Gasteiger partial charge < -0.3 is 23.3 Å². The van der Waals surface area contributed by atoms with E-state index in [0.717, 1.165) is 0 Å². The summed E-state index contributed by atoms with van der Waals surface area (Å²) in [5.41, 5.74) is 0. The molecule has 0 aromatic carbocycles. The van der Waals surface area contributed by atoms with E-state index < -0.39 is 0 Å².